The number of hydrogen-bond acceptors (Lipinski definition) is 0. The maximum absolute atomic E-state index is 9.75. The van der Waals surface area contributed by atoms with Crippen molar-refractivity contribution in [1.29, 1.82) is 0 Å². The van der Waals surface area contributed by atoms with Crippen molar-refractivity contribution in [3.63, 3.8) is 0 Å². The third-order valence-corrected chi connectivity index (χ3v) is 5.46. The van der Waals surface area contributed by atoms with Gasteiger partial charge in [-0.15, -0.1) is 0 Å². The topological polar surface area (TPSA) is 3.01 Å². The highest BCUT2D eigenvalue weighted by Crippen LogP contribution is 2.36. The molecular formula is C24H24BF4N. The van der Waals surface area contributed by atoms with Crippen molar-refractivity contribution in [2.75, 3.05) is 0 Å². The molecule has 6 heteroatoms. The van der Waals surface area contributed by atoms with Crippen LogP contribution in [0.15, 0.2) is 84.9 Å². The summed E-state index contributed by atoms with van der Waals surface area (Å²) in [6.45, 7) is 4.65. The predicted molar refractivity (Wildman–Crippen MR) is 115 cm³/mol. The lowest BCUT2D eigenvalue weighted by Crippen LogP contribution is -2.37. The van der Waals surface area contributed by atoms with Crippen LogP contribution in [0.25, 0.3) is 0 Å². The molecule has 156 valence electrons. The molecule has 0 saturated carbocycles. The Hall–Kier alpha value is -2.89. The number of fused-ring (bicyclic) bond motifs is 1. The molecule has 0 radical (unpaired) electrons. The van der Waals surface area contributed by atoms with Gasteiger partial charge in [-0.1, -0.05) is 78.9 Å². The summed E-state index contributed by atoms with van der Waals surface area (Å²) in [6, 6.07) is 31.3. The molecule has 0 bridgehead atoms. The van der Waals surface area contributed by atoms with Gasteiger partial charge in [0.05, 0.1) is 5.92 Å². The van der Waals surface area contributed by atoms with Gasteiger partial charge in [0, 0.05) is 18.1 Å². The molecule has 30 heavy (non-hydrogen) atoms. The van der Waals surface area contributed by atoms with Gasteiger partial charge in [-0.3, -0.25) is 0 Å². The fourth-order valence-electron chi connectivity index (χ4n) is 4.11. The maximum atomic E-state index is 9.75. The van der Waals surface area contributed by atoms with E-state index in [4.69, 9.17) is 0 Å². The molecule has 3 aromatic rings. The quantitative estimate of drug-likeness (QED) is 0.255. The molecule has 0 fully saturated rings. The van der Waals surface area contributed by atoms with E-state index in [-0.39, 0.29) is 0 Å². The molecule has 4 rings (SSSR count). The Morgan fingerprint density at radius 1 is 0.767 bits per heavy atom. The van der Waals surface area contributed by atoms with E-state index >= 15 is 0 Å². The van der Waals surface area contributed by atoms with Gasteiger partial charge in [0.1, 0.15) is 0 Å². The first kappa shape index (κ1) is 21.8. The first-order chi connectivity index (χ1) is 14.3. The lowest BCUT2D eigenvalue weighted by atomic mass is 9.80. The SMILES string of the molecule is C[C@H](c1ccccc1)[N+]1=Cc2ccccc2[C@H](c2ccccc2)[C@H]1C.F[B-](F)(F)F. The Bertz CT molecular complexity index is 981. The van der Waals surface area contributed by atoms with Gasteiger partial charge in [0.15, 0.2) is 18.3 Å². The van der Waals surface area contributed by atoms with Gasteiger partial charge in [-0.05, 0) is 24.1 Å². The van der Waals surface area contributed by atoms with E-state index in [1.54, 1.807) is 0 Å². The van der Waals surface area contributed by atoms with E-state index in [0.717, 1.165) is 0 Å². The van der Waals surface area contributed by atoms with Crippen molar-refractivity contribution >= 4 is 13.5 Å². The van der Waals surface area contributed by atoms with Crippen LogP contribution in [-0.2, 0) is 0 Å². The molecule has 0 aliphatic carbocycles. The molecule has 1 nitrogen and oxygen atoms in total. The molecule has 3 atom stereocenters. The summed E-state index contributed by atoms with van der Waals surface area (Å²) in [4.78, 5) is 0. The fourth-order valence-corrected chi connectivity index (χ4v) is 4.11. The van der Waals surface area contributed by atoms with E-state index < -0.39 is 7.25 Å². The second-order valence-corrected chi connectivity index (χ2v) is 7.42. The van der Waals surface area contributed by atoms with E-state index in [1.807, 2.05) is 0 Å². The zero-order valence-corrected chi connectivity index (χ0v) is 16.9. The highest BCUT2D eigenvalue weighted by molar-refractivity contribution is 6.50. The number of nitrogens with zero attached hydrogens (tertiary/aromatic N) is 1. The Balaban J connectivity index is 0.000000461. The summed E-state index contributed by atoms with van der Waals surface area (Å²) in [5.41, 5.74) is 5.51. The molecule has 0 aromatic heterocycles. The van der Waals surface area contributed by atoms with Gasteiger partial charge < -0.3 is 17.3 Å². The summed E-state index contributed by atoms with van der Waals surface area (Å²) >= 11 is 0. The zero-order valence-electron chi connectivity index (χ0n) is 16.9. The minimum atomic E-state index is -6.00. The van der Waals surface area contributed by atoms with Crippen LogP contribution >= 0.6 is 0 Å². The van der Waals surface area contributed by atoms with Crippen molar-refractivity contribution in [1.82, 2.24) is 0 Å². The Kier molecular flexibility index (Phi) is 6.75. The summed E-state index contributed by atoms with van der Waals surface area (Å²) in [7, 11) is -6.00. The minimum absolute atomic E-state index is 0.343. The van der Waals surface area contributed by atoms with E-state index in [9.17, 15) is 17.3 Å². The normalized spacial score (nSPS) is 19.1. The van der Waals surface area contributed by atoms with Crippen molar-refractivity contribution in [2.45, 2.75) is 31.8 Å². The third-order valence-electron chi connectivity index (χ3n) is 5.46. The van der Waals surface area contributed by atoms with E-state index in [1.165, 1.54) is 22.3 Å². The molecule has 1 heterocycles. The van der Waals surface area contributed by atoms with Crippen LogP contribution in [-0.4, -0.2) is 24.1 Å². The van der Waals surface area contributed by atoms with Crippen LogP contribution in [0, 0.1) is 0 Å². The van der Waals surface area contributed by atoms with Crippen LogP contribution < -0.4 is 0 Å². The molecule has 0 spiro atoms. The highest BCUT2D eigenvalue weighted by atomic mass is 19.5. The van der Waals surface area contributed by atoms with Crippen LogP contribution in [0.1, 0.15) is 48.1 Å². The molecule has 1 aliphatic rings. The molecule has 1 aliphatic heterocycles. The van der Waals surface area contributed by atoms with E-state index in [0.29, 0.717) is 18.0 Å². The molecular weight excluding hydrogens is 389 g/mol. The molecule has 0 unspecified atom stereocenters. The van der Waals surface area contributed by atoms with Crippen LogP contribution in [0.3, 0.4) is 0 Å². The average molecular weight is 413 g/mol. The first-order valence-electron chi connectivity index (χ1n) is 9.94. The second-order valence-electron chi connectivity index (χ2n) is 7.42. The summed E-state index contributed by atoms with van der Waals surface area (Å²) < 4.78 is 41.5. The smallest absolute Gasteiger partial charge is 0.418 e. The van der Waals surface area contributed by atoms with Gasteiger partial charge in [-0.25, -0.2) is 4.58 Å². The molecule has 0 N–H and O–H groups in total. The Labute approximate surface area is 174 Å². The average Bonchev–Trinajstić information content (AvgIpc) is 2.73. The van der Waals surface area contributed by atoms with Crippen molar-refractivity contribution in [3.05, 3.63) is 107 Å². The lowest BCUT2D eigenvalue weighted by molar-refractivity contribution is -0.600. The van der Waals surface area contributed by atoms with Crippen molar-refractivity contribution in [3.8, 4) is 0 Å². The summed E-state index contributed by atoms with van der Waals surface area (Å²) in [5, 5.41) is 0. The predicted octanol–water partition coefficient (Wildman–Crippen LogP) is 6.71. The molecule has 0 saturated heterocycles. The second kappa shape index (κ2) is 9.29. The van der Waals surface area contributed by atoms with Crippen LogP contribution in [0.5, 0.6) is 0 Å². The van der Waals surface area contributed by atoms with Crippen LogP contribution in [0.4, 0.5) is 17.3 Å². The number of hydrogen-bond donors (Lipinski definition) is 0. The summed E-state index contributed by atoms with van der Waals surface area (Å²) in [6.07, 6.45) is 2.34. The third kappa shape index (κ3) is 5.38. The van der Waals surface area contributed by atoms with E-state index in [2.05, 4.69) is 110 Å². The molecule has 3 aromatic carbocycles. The van der Waals surface area contributed by atoms with Gasteiger partial charge in [0.25, 0.3) is 0 Å². The number of halogens is 4. The Morgan fingerprint density at radius 2 is 1.27 bits per heavy atom. The standard InChI is InChI=1S/C24H24N.BF4/c1-18(20-11-5-3-6-12-20)25-17-22-15-9-10-16-23(22)24(19(25)2)21-13-7-4-8-14-21;2-1(3,4)5/h3-19,24H,1-2H3;/q+1;-1/t18-,19-,24+;/m1./s1. The number of rotatable bonds is 3. The van der Waals surface area contributed by atoms with Crippen LogP contribution in [0.2, 0.25) is 0 Å². The molecule has 0 amide bonds. The number of benzene rings is 3. The largest absolute Gasteiger partial charge is 0.673 e. The maximum Gasteiger partial charge on any atom is 0.673 e. The summed E-state index contributed by atoms with van der Waals surface area (Å²) in [5.74, 6) is 0.383. The fraction of sp³-hybridized carbons (Fsp3) is 0.208. The first-order valence-corrected chi connectivity index (χ1v) is 9.94. The van der Waals surface area contributed by atoms with Gasteiger partial charge in [-0.2, -0.15) is 0 Å². The Morgan fingerprint density at radius 3 is 1.87 bits per heavy atom. The zero-order chi connectivity index (χ0) is 21.7. The lowest BCUT2D eigenvalue weighted by Gasteiger charge is -2.30. The van der Waals surface area contributed by atoms with Gasteiger partial charge >= 0.3 is 7.25 Å². The minimum Gasteiger partial charge on any atom is -0.418 e. The van der Waals surface area contributed by atoms with Crippen molar-refractivity contribution in [2.24, 2.45) is 0 Å². The highest BCUT2D eigenvalue weighted by Gasteiger charge is 2.37. The monoisotopic (exact) mass is 413 g/mol. The van der Waals surface area contributed by atoms with Crippen molar-refractivity contribution < 1.29 is 21.8 Å². The van der Waals surface area contributed by atoms with Gasteiger partial charge in [0.2, 0.25) is 0 Å².